The van der Waals surface area contributed by atoms with Crippen LogP contribution >= 0.6 is 0 Å². The van der Waals surface area contributed by atoms with Crippen LogP contribution in [0.4, 0.5) is 0 Å². The molecule has 0 atom stereocenters. The molecule has 0 saturated heterocycles. The number of carbonyl (C=O) groups excluding carboxylic acids is 1. The van der Waals surface area contributed by atoms with Crippen LogP contribution in [0.3, 0.4) is 0 Å². The van der Waals surface area contributed by atoms with E-state index in [-0.39, 0.29) is 22.8 Å². The molecule has 1 fully saturated rings. The minimum absolute atomic E-state index is 0.0503. The van der Waals surface area contributed by atoms with Crippen molar-refractivity contribution in [2.24, 2.45) is 0 Å². The van der Waals surface area contributed by atoms with Crippen LogP contribution in [0.25, 0.3) is 0 Å². The normalized spacial score (nSPS) is 16.2. The lowest BCUT2D eigenvalue weighted by Gasteiger charge is -2.30. The number of likely N-dealkylation sites (N-methyl/N-ethyl adjacent to an activating group) is 1. The first kappa shape index (κ1) is 20.6. The summed E-state index contributed by atoms with van der Waals surface area (Å²) in [5.74, 6) is -0.277. The summed E-state index contributed by atoms with van der Waals surface area (Å²) in [4.78, 5) is 12.7. The number of hydrogen-bond donors (Lipinski definition) is 1. The predicted molar refractivity (Wildman–Crippen MR) is 111 cm³/mol. The fourth-order valence-corrected chi connectivity index (χ4v) is 5.04. The van der Waals surface area contributed by atoms with E-state index in [9.17, 15) is 13.2 Å². The molecule has 0 aromatic heterocycles. The zero-order valence-electron chi connectivity index (χ0n) is 16.5. The average molecular weight is 401 g/mol. The maximum atomic E-state index is 12.7. The zero-order valence-corrected chi connectivity index (χ0v) is 17.3. The molecule has 0 spiro atoms. The third-order valence-corrected chi connectivity index (χ3v) is 7.48. The first-order valence-corrected chi connectivity index (χ1v) is 11.1. The van der Waals surface area contributed by atoms with Crippen molar-refractivity contribution in [1.29, 1.82) is 0 Å². The Labute approximate surface area is 167 Å². The molecular weight excluding hydrogens is 372 g/mol. The molecule has 0 bridgehead atoms. The number of nitrogens with zero attached hydrogens (tertiary/aromatic N) is 1. The standard InChI is InChI=1S/C22H28N2O3S/c1-18-10-12-20(13-11-18)28(26,27)24(2)16-21(25)23-17-22(14-6-7-15-22)19-8-4-3-5-9-19/h3-5,8-13H,6-7,14-17H2,1-2H3,(H,23,25). The highest BCUT2D eigenvalue weighted by atomic mass is 32.2. The van der Waals surface area contributed by atoms with E-state index in [1.807, 2.05) is 25.1 Å². The third-order valence-electron chi connectivity index (χ3n) is 5.67. The molecule has 0 unspecified atom stereocenters. The van der Waals surface area contributed by atoms with Gasteiger partial charge in [-0.25, -0.2) is 8.42 Å². The number of carbonyl (C=O) groups is 1. The molecular formula is C22H28N2O3S. The van der Waals surface area contributed by atoms with Gasteiger partial charge in [0.2, 0.25) is 15.9 Å². The number of sulfonamides is 1. The maximum Gasteiger partial charge on any atom is 0.243 e. The van der Waals surface area contributed by atoms with E-state index in [4.69, 9.17) is 0 Å². The Morgan fingerprint density at radius 3 is 2.25 bits per heavy atom. The first-order valence-electron chi connectivity index (χ1n) is 9.69. The van der Waals surface area contributed by atoms with Crippen LogP contribution in [0, 0.1) is 6.92 Å². The van der Waals surface area contributed by atoms with E-state index in [1.165, 1.54) is 12.6 Å². The molecule has 150 valence electrons. The van der Waals surface area contributed by atoms with Gasteiger partial charge in [0.05, 0.1) is 11.4 Å². The third kappa shape index (κ3) is 4.45. The summed E-state index contributed by atoms with van der Waals surface area (Å²) in [5.41, 5.74) is 2.18. The van der Waals surface area contributed by atoms with Gasteiger partial charge in [0.1, 0.15) is 0 Å². The number of nitrogens with one attached hydrogen (secondary N) is 1. The van der Waals surface area contributed by atoms with Gasteiger partial charge in [0.25, 0.3) is 0 Å². The average Bonchev–Trinajstić information content (AvgIpc) is 3.18. The topological polar surface area (TPSA) is 66.5 Å². The summed E-state index contributed by atoms with van der Waals surface area (Å²) in [6.45, 7) is 2.24. The Hall–Kier alpha value is -2.18. The molecule has 2 aromatic rings. The second kappa shape index (κ2) is 8.45. The minimum Gasteiger partial charge on any atom is -0.354 e. The highest BCUT2D eigenvalue weighted by Crippen LogP contribution is 2.40. The van der Waals surface area contributed by atoms with Gasteiger partial charge in [-0.2, -0.15) is 4.31 Å². The zero-order chi connectivity index (χ0) is 20.2. The fourth-order valence-electron chi connectivity index (χ4n) is 3.91. The Bertz CT molecular complexity index is 903. The lowest BCUT2D eigenvalue weighted by Crippen LogP contribution is -2.44. The van der Waals surface area contributed by atoms with Crippen molar-refractivity contribution in [3.63, 3.8) is 0 Å². The molecule has 2 aromatic carbocycles. The van der Waals surface area contributed by atoms with Crippen molar-refractivity contribution >= 4 is 15.9 Å². The quantitative estimate of drug-likeness (QED) is 0.776. The van der Waals surface area contributed by atoms with Crippen LogP contribution < -0.4 is 5.32 Å². The van der Waals surface area contributed by atoms with Gasteiger partial charge in [-0.05, 0) is 37.5 Å². The van der Waals surface area contributed by atoms with Gasteiger partial charge >= 0.3 is 0 Å². The monoisotopic (exact) mass is 400 g/mol. The number of aryl methyl sites for hydroxylation is 1. The van der Waals surface area contributed by atoms with Crippen molar-refractivity contribution in [2.45, 2.75) is 42.9 Å². The van der Waals surface area contributed by atoms with Crippen molar-refractivity contribution in [1.82, 2.24) is 9.62 Å². The number of rotatable bonds is 7. The van der Waals surface area contributed by atoms with Crippen LogP contribution in [0.2, 0.25) is 0 Å². The van der Waals surface area contributed by atoms with Gasteiger partial charge in [-0.3, -0.25) is 4.79 Å². The van der Waals surface area contributed by atoms with E-state index >= 15 is 0 Å². The number of benzene rings is 2. The van der Waals surface area contributed by atoms with E-state index in [2.05, 4.69) is 17.4 Å². The highest BCUT2D eigenvalue weighted by Gasteiger charge is 2.36. The SMILES string of the molecule is Cc1ccc(S(=O)(=O)N(C)CC(=O)NCC2(c3ccccc3)CCCC2)cc1. The molecule has 3 rings (SSSR count). The molecule has 1 N–H and O–H groups in total. The highest BCUT2D eigenvalue weighted by molar-refractivity contribution is 7.89. The summed E-state index contributed by atoms with van der Waals surface area (Å²) < 4.78 is 26.4. The smallest absolute Gasteiger partial charge is 0.243 e. The minimum atomic E-state index is -3.68. The lowest BCUT2D eigenvalue weighted by atomic mass is 9.79. The molecule has 1 aliphatic rings. The van der Waals surface area contributed by atoms with Gasteiger partial charge in [-0.1, -0.05) is 60.9 Å². The molecule has 0 radical (unpaired) electrons. The van der Waals surface area contributed by atoms with E-state index in [0.717, 1.165) is 35.6 Å². The molecule has 1 saturated carbocycles. The number of hydrogen-bond acceptors (Lipinski definition) is 3. The fraction of sp³-hybridized carbons (Fsp3) is 0.409. The van der Waals surface area contributed by atoms with Crippen LogP contribution in [-0.4, -0.2) is 38.8 Å². The van der Waals surface area contributed by atoms with E-state index in [0.29, 0.717) is 6.54 Å². The van der Waals surface area contributed by atoms with Crippen molar-refractivity contribution in [2.75, 3.05) is 20.1 Å². The Morgan fingerprint density at radius 1 is 1.04 bits per heavy atom. The second-order valence-corrected chi connectivity index (χ2v) is 9.75. The number of amides is 1. The first-order chi connectivity index (χ1) is 13.3. The summed E-state index contributed by atoms with van der Waals surface area (Å²) in [7, 11) is -2.24. The van der Waals surface area contributed by atoms with Crippen LogP contribution in [-0.2, 0) is 20.2 Å². The molecule has 5 nitrogen and oxygen atoms in total. The Morgan fingerprint density at radius 2 is 1.64 bits per heavy atom. The van der Waals surface area contributed by atoms with Crippen molar-refractivity contribution in [3.05, 3.63) is 65.7 Å². The lowest BCUT2D eigenvalue weighted by molar-refractivity contribution is -0.121. The van der Waals surface area contributed by atoms with Crippen LogP contribution in [0.5, 0.6) is 0 Å². The molecule has 0 heterocycles. The summed E-state index contributed by atoms with van der Waals surface area (Å²) in [6, 6.07) is 16.9. The summed E-state index contributed by atoms with van der Waals surface area (Å²) in [6.07, 6.45) is 4.36. The Balaban J connectivity index is 1.64. The summed E-state index contributed by atoms with van der Waals surface area (Å²) >= 11 is 0. The molecule has 1 amide bonds. The van der Waals surface area contributed by atoms with E-state index in [1.54, 1.807) is 24.3 Å². The van der Waals surface area contributed by atoms with Crippen LogP contribution in [0.1, 0.15) is 36.8 Å². The van der Waals surface area contributed by atoms with Crippen molar-refractivity contribution < 1.29 is 13.2 Å². The van der Waals surface area contributed by atoms with Gasteiger partial charge < -0.3 is 5.32 Å². The summed E-state index contributed by atoms with van der Waals surface area (Å²) in [5, 5.41) is 2.98. The van der Waals surface area contributed by atoms with Crippen molar-refractivity contribution in [3.8, 4) is 0 Å². The van der Waals surface area contributed by atoms with Crippen LogP contribution in [0.15, 0.2) is 59.5 Å². The van der Waals surface area contributed by atoms with Gasteiger partial charge in [-0.15, -0.1) is 0 Å². The molecule has 28 heavy (non-hydrogen) atoms. The second-order valence-electron chi connectivity index (χ2n) is 7.70. The Kier molecular flexibility index (Phi) is 6.20. The van der Waals surface area contributed by atoms with E-state index < -0.39 is 10.0 Å². The maximum absolute atomic E-state index is 12.7. The molecule has 1 aliphatic carbocycles. The predicted octanol–water partition coefficient (Wildman–Crippen LogP) is 3.24. The largest absolute Gasteiger partial charge is 0.354 e. The van der Waals surface area contributed by atoms with Gasteiger partial charge in [0.15, 0.2) is 0 Å². The molecule has 6 heteroatoms. The van der Waals surface area contributed by atoms with Gasteiger partial charge in [0, 0.05) is 19.0 Å². The molecule has 0 aliphatic heterocycles.